The first-order valence-electron chi connectivity index (χ1n) is 6.39. The molecule has 0 amide bonds. The van der Waals surface area contributed by atoms with E-state index >= 15 is 0 Å². The van der Waals surface area contributed by atoms with Crippen LogP contribution >= 0.6 is 0 Å². The van der Waals surface area contributed by atoms with Crippen molar-refractivity contribution in [3.05, 3.63) is 0 Å². The van der Waals surface area contributed by atoms with Gasteiger partial charge >= 0.3 is 0 Å². The van der Waals surface area contributed by atoms with Crippen molar-refractivity contribution in [2.45, 2.75) is 57.2 Å². The molecule has 3 fully saturated rings. The summed E-state index contributed by atoms with van der Waals surface area (Å²) in [6.45, 7) is 5.01. The van der Waals surface area contributed by atoms with Crippen LogP contribution in [0.1, 0.15) is 39.0 Å². The molecule has 0 aromatic carbocycles. The van der Waals surface area contributed by atoms with Gasteiger partial charge < -0.3 is 5.32 Å². The molecule has 1 N–H and O–H groups in total. The Morgan fingerprint density at radius 3 is 2.86 bits per heavy atom. The third-order valence-corrected chi connectivity index (χ3v) is 4.36. The lowest BCUT2D eigenvalue weighted by Gasteiger charge is -2.31. The monoisotopic (exact) mass is 194 g/mol. The summed E-state index contributed by atoms with van der Waals surface area (Å²) in [6, 6.07) is 2.65. The van der Waals surface area contributed by atoms with Gasteiger partial charge in [0, 0.05) is 24.7 Å². The fourth-order valence-electron chi connectivity index (χ4n) is 3.56. The summed E-state index contributed by atoms with van der Waals surface area (Å²) in [5.41, 5.74) is 0. The summed E-state index contributed by atoms with van der Waals surface area (Å²) in [5.74, 6) is 0.967. The maximum Gasteiger partial charge on any atom is 0.0263 e. The Balaban J connectivity index is 1.75. The summed E-state index contributed by atoms with van der Waals surface area (Å²) in [4.78, 5) is 2.81. The SMILES string of the molecule is CCC1C2NCCCC2CN1C1CC1. The lowest BCUT2D eigenvalue weighted by atomic mass is 9.90. The second-order valence-corrected chi connectivity index (χ2v) is 5.29. The molecule has 0 radical (unpaired) electrons. The predicted molar refractivity (Wildman–Crippen MR) is 58.3 cm³/mol. The highest BCUT2D eigenvalue weighted by Gasteiger charge is 2.46. The molecule has 0 spiro atoms. The highest BCUT2D eigenvalue weighted by molar-refractivity contribution is 5.03. The normalized spacial score (nSPS) is 43.9. The lowest BCUT2D eigenvalue weighted by Crippen LogP contribution is -2.47. The van der Waals surface area contributed by atoms with Crippen LogP contribution in [0.5, 0.6) is 0 Å². The van der Waals surface area contributed by atoms with E-state index in [-0.39, 0.29) is 0 Å². The molecule has 3 atom stereocenters. The Morgan fingerprint density at radius 1 is 1.29 bits per heavy atom. The van der Waals surface area contributed by atoms with Crippen molar-refractivity contribution in [3.63, 3.8) is 0 Å². The van der Waals surface area contributed by atoms with Crippen molar-refractivity contribution < 1.29 is 0 Å². The molecule has 14 heavy (non-hydrogen) atoms. The molecule has 2 aliphatic heterocycles. The van der Waals surface area contributed by atoms with Crippen LogP contribution in [0.2, 0.25) is 0 Å². The fraction of sp³-hybridized carbons (Fsp3) is 1.00. The van der Waals surface area contributed by atoms with E-state index in [0.717, 1.165) is 24.0 Å². The van der Waals surface area contributed by atoms with E-state index in [2.05, 4.69) is 17.1 Å². The van der Waals surface area contributed by atoms with Gasteiger partial charge in [0.2, 0.25) is 0 Å². The largest absolute Gasteiger partial charge is 0.312 e. The van der Waals surface area contributed by atoms with Crippen LogP contribution < -0.4 is 5.32 Å². The number of rotatable bonds is 2. The first-order chi connectivity index (χ1) is 6.90. The standard InChI is InChI=1S/C12H22N2/c1-2-11-12-9(4-3-7-13-12)8-14(11)10-5-6-10/h9-13H,2-8H2,1H3. The van der Waals surface area contributed by atoms with E-state index in [4.69, 9.17) is 0 Å². The van der Waals surface area contributed by atoms with Crippen LogP contribution in [-0.4, -0.2) is 36.1 Å². The van der Waals surface area contributed by atoms with Gasteiger partial charge in [0.25, 0.3) is 0 Å². The smallest absolute Gasteiger partial charge is 0.0263 e. The lowest BCUT2D eigenvalue weighted by molar-refractivity contribution is 0.218. The summed E-state index contributed by atoms with van der Waals surface area (Å²) in [6.07, 6.45) is 7.14. The number of nitrogens with zero attached hydrogens (tertiary/aromatic N) is 1. The second kappa shape index (κ2) is 3.49. The second-order valence-electron chi connectivity index (χ2n) is 5.29. The summed E-state index contributed by atoms with van der Waals surface area (Å²) in [7, 11) is 0. The highest BCUT2D eigenvalue weighted by Crippen LogP contribution is 2.39. The van der Waals surface area contributed by atoms with E-state index in [9.17, 15) is 0 Å². The maximum atomic E-state index is 3.75. The maximum absolute atomic E-state index is 3.75. The van der Waals surface area contributed by atoms with Crippen LogP contribution in [0.15, 0.2) is 0 Å². The minimum Gasteiger partial charge on any atom is -0.312 e. The van der Waals surface area contributed by atoms with Crippen LogP contribution in [-0.2, 0) is 0 Å². The minimum atomic E-state index is 0.828. The Labute approximate surface area is 87.0 Å². The van der Waals surface area contributed by atoms with Gasteiger partial charge in [-0.1, -0.05) is 6.92 Å². The number of hydrogen-bond acceptors (Lipinski definition) is 2. The zero-order valence-electron chi connectivity index (χ0n) is 9.21. The zero-order valence-corrected chi connectivity index (χ0v) is 9.21. The van der Waals surface area contributed by atoms with Gasteiger partial charge in [-0.2, -0.15) is 0 Å². The van der Waals surface area contributed by atoms with Crippen molar-refractivity contribution in [1.29, 1.82) is 0 Å². The minimum absolute atomic E-state index is 0.828. The number of piperidine rings is 1. The molecule has 3 rings (SSSR count). The van der Waals surface area contributed by atoms with Gasteiger partial charge in [0.15, 0.2) is 0 Å². The molecule has 0 aromatic rings. The molecular formula is C12H22N2. The van der Waals surface area contributed by atoms with Crippen LogP contribution in [0, 0.1) is 5.92 Å². The van der Waals surface area contributed by atoms with Crippen molar-refractivity contribution in [2.75, 3.05) is 13.1 Å². The molecule has 1 saturated carbocycles. The number of likely N-dealkylation sites (tertiary alicyclic amines) is 1. The van der Waals surface area contributed by atoms with E-state index in [1.54, 1.807) is 0 Å². The number of fused-ring (bicyclic) bond motifs is 1. The first-order valence-corrected chi connectivity index (χ1v) is 6.39. The summed E-state index contributed by atoms with van der Waals surface area (Å²) >= 11 is 0. The quantitative estimate of drug-likeness (QED) is 0.718. The van der Waals surface area contributed by atoms with E-state index in [1.807, 2.05) is 0 Å². The molecular weight excluding hydrogens is 172 g/mol. The van der Waals surface area contributed by atoms with E-state index in [0.29, 0.717) is 0 Å². The molecule has 0 aromatic heterocycles. The molecule has 80 valence electrons. The molecule has 2 nitrogen and oxygen atoms in total. The van der Waals surface area contributed by atoms with Gasteiger partial charge in [-0.05, 0) is 44.6 Å². The molecule has 1 aliphatic carbocycles. The van der Waals surface area contributed by atoms with Crippen LogP contribution in [0.3, 0.4) is 0 Å². The molecule has 2 heterocycles. The third-order valence-electron chi connectivity index (χ3n) is 4.36. The zero-order chi connectivity index (χ0) is 9.54. The van der Waals surface area contributed by atoms with E-state index < -0.39 is 0 Å². The number of nitrogens with one attached hydrogen (secondary N) is 1. The fourth-order valence-corrected chi connectivity index (χ4v) is 3.56. The summed E-state index contributed by atoms with van der Waals surface area (Å²) in [5, 5.41) is 3.75. The Hall–Kier alpha value is -0.0800. The Bertz CT molecular complexity index is 210. The topological polar surface area (TPSA) is 15.3 Å². The average molecular weight is 194 g/mol. The Kier molecular flexibility index (Phi) is 2.29. The van der Waals surface area contributed by atoms with Gasteiger partial charge in [0.1, 0.15) is 0 Å². The average Bonchev–Trinajstić information content (AvgIpc) is 2.99. The van der Waals surface area contributed by atoms with Crippen molar-refractivity contribution >= 4 is 0 Å². The molecule has 2 heteroatoms. The van der Waals surface area contributed by atoms with Gasteiger partial charge in [-0.15, -0.1) is 0 Å². The van der Waals surface area contributed by atoms with Gasteiger partial charge in [0.05, 0.1) is 0 Å². The Morgan fingerprint density at radius 2 is 2.14 bits per heavy atom. The van der Waals surface area contributed by atoms with Gasteiger partial charge in [-0.3, -0.25) is 4.90 Å². The predicted octanol–water partition coefficient (Wildman–Crippen LogP) is 1.61. The van der Waals surface area contributed by atoms with Crippen molar-refractivity contribution in [2.24, 2.45) is 5.92 Å². The number of hydrogen-bond donors (Lipinski definition) is 1. The van der Waals surface area contributed by atoms with Gasteiger partial charge in [-0.25, -0.2) is 0 Å². The molecule has 3 unspecified atom stereocenters. The highest BCUT2D eigenvalue weighted by atomic mass is 15.3. The molecule has 0 bridgehead atoms. The summed E-state index contributed by atoms with van der Waals surface area (Å²) < 4.78 is 0. The van der Waals surface area contributed by atoms with E-state index in [1.165, 1.54) is 45.2 Å². The van der Waals surface area contributed by atoms with Crippen molar-refractivity contribution in [3.8, 4) is 0 Å². The third kappa shape index (κ3) is 1.40. The molecule has 2 saturated heterocycles. The van der Waals surface area contributed by atoms with Crippen LogP contribution in [0.4, 0.5) is 0 Å². The van der Waals surface area contributed by atoms with Crippen molar-refractivity contribution in [1.82, 2.24) is 10.2 Å². The molecule has 3 aliphatic rings. The first kappa shape index (κ1) is 9.17. The van der Waals surface area contributed by atoms with Crippen LogP contribution in [0.25, 0.3) is 0 Å².